The van der Waals surface area contributed by atoms with Crippen molar-refractivity contribution in [3.8, 4) is 10.6 Å². The Labute approximate surface area is 169 Å². The predicted octanol–water partition coefficient (Wildman–Crippen LogP) is 5.17. The molecule has 0 bridgehead atoms. The van der Waals surface area contributed by atoms with Crippen molar-refractivity contribution in [1.29, 1.82) is 0 Å². The van der Waals surface area contributed by atoms with Crippen molar-refractivity contribution in [2.24, 2.45) is 0 Å². The Kier molecular flexibility index (Phi) is 5.49. The van der Waals surface area contributed by atoms with Gasteiger partial charge in [-0.25, -0.2) is 4.98 Å². The first-order valence-corrected chi connectivity index (χ1v) is 10.3. The van der Waals surface area contributed by atoms with E-state index in [-0.39, 0.29) is 5.91 Å². The molecule has 28 heavy (non-hydrogen) atoms. The van der Waals surface area contributed by atoms with Crippen LogP contribution < -0.4 is 5.32 Å². The molecule has 0 aliphatic heterocycles. The number of hydrogen-bond acceptors (Lipinski definition) is 3. The number of thiazole rings is 1. The Balaban J connectivity index is 1.33. The molecule has 3 aromatic carbocycles. The maximum Gasteiger partial charge on any atom is 0.224 e. The fraction of sp³-hybridized carbons (Fsp3) is 0.167. The van der Waals surface area contributed by atoms with E-state index < -0.39 is 0 Å². The molecule has 0 saturated heterocycles. The number of aryl methyl sites for hydroxylation is 1. The van der Waals surface area contributed by atoms with Crippen molar-refractivity contribution >= 4 is 28.0 Å². The molecule has 4 rings (SSSR count). The largest absolute Gasteiger partial charge is 0.355 e. The summed E-state index contributed by atoms with van der Waals surface area (Å²) in [5.41, 5.74) is 4.47. The fourth-order valence-corrected chi connectivity index (χ4v) is 4.12. The molecule has 0 fully saturated rings. The number of rotatable bonds is 6. The summed E-state index contributed by atoms with van der Waals surface area (Å²) in [5, 5.41) is 8.43. The lowest BCUT2D eigenvalue weighted by Gasteiger charge is -2.07. The van der Waals surface area contributed by atoms with Gasteiger partial charge >= 0.3 is 0 Å². The number of nitrogens with one attached hydrogen (secondary N) is 1. The molecular weight excluding hydrogens is 364 g/mol. The zero-order valence-electron chi connectivity index (χ0n) is 15.8. The average Bonchev–Trinajstić information content (AvgIpc) is 3.18. The lowest BCUT2D eigenvalue weighted by molar-refractivity contribution is -0.120. The number of hydrogen-bond donors (Lipinski definition) is 1. The molecule has 1 amide bonds. The van der Waals surface area contributed by atoms with Gasteiger partial charge in [-0.15, -0.1) is 11.3 Å². The summed E-state index contributed by atoms with van der Waals surface area (Å²) in [6.45, 7) is 2.68. The van der Waals surface area contributed by atoms with Crippen LogP contribution in [0.1, 0.15) is 16.8 Å². The third-order valence-corrected chi connectivity index (χ3v) is 5.72. The van der Waals surface area contributed by atoms with Crippen LogP contribution in [0.3, 0.4) is 0 Å². The van der Waals surface area contributed by atoms with Crippen LogP contribution in [0.2, 0.25) is 0 Å². The zero-order valence-corrected chi connectivity index (χ0v) is 16.6. The minimum absolute atomic E-state index is 0.0466. The maximum atomic E-state index is 12.4. The highest BCUT2D eigenvalue weighted by atomic mass is 32.1. The van der Waals surface area contributed by atoms with Gasteiger partial charge in [0.15, 0.2) is 0 Å². The second kappa shape index (κ2) is 8.36. The molecule has 0 unspecified atom stereocenters. The van der Waals surface area contributed by atoms with Crippen LogP contribution >= 0.6 is 11.3 Å². The third-order valence-electron chi connectivity index (χ3n) is 4.78. The molecule has 0 saturated carbocycles. The highest BCUT2D eigenvalue weighted by Gasteiger charge is 2.08. The van der Waals surface area contributed by atoms with Crippen molar-refractivity contribution in [2.75, 3.05) is 6.54 Å². The van der Waals surface area contributed by atoms with Gasteiger partial charge in [-0.2, -0.15) is 0 Å². The molecule has 1 aromatic heterocycles. The molecule has 0 spiro atoms. The van der Waals surface area contributed by atoms with Crippen LogP contribution in [0.4, 0.5) is 0 Å². The average molecular weight is 387 g/mol. The molecular formula is C24H22N2OS. The monoisotopic (exact) mass is 386 g/mol. The molecule has 4 heteroatoms. The summed E-state index contributed by atoms with van der Waals surface area (Å²) >= 11 is 1.65. The molecule has 0 atom stereocenters. The minimum atomic E-state index is 0.0466. The van der Waals surface area contributed by atoms with Gasteiger partial charge in [-0.05, 0) is 23.3 Å². The van der Waals surface area contributed by atoms with Crippen LogP contribution in [0.15, 0.2) is 72.1 Å². The SMILES string of the molecule is Cc1ccc(-c2nc(CCNC(=O)Cc3cccc4ccccc34)cs2)cc1. The fourth-order valence-electron chi connectivity index (χ4n) is 3.26. The number of nitrogens with zero attached hydrogens (tertiary/aromatic N) is 1. The van der Waals surface area contributed by atoms with E-state index in [4.69, 9.17) is 4.98 Å². The summed E-state index contributed by atoms with van der Waals surface area (Å²) in [6, 6.07) is 22.7. The Morgan fingerprint density at radius 2 is 1.79 bits per heavy atom. The van der Waals surface area contributed by atoms with E-state index in [1.54, 1.807) is 11.3 Å². The van der Waals surface area contributed by atoms with E-state index >= 15 is 0 Å². The van der Waals surface area contributed by atoms with Crippen molar-refractivity contribution in [3.05, 3.63) is 88.9 Å². The Bertz CT molecular complexity index is 1090. The number of aromatic nitrogens is 1. The maximum absolute atomic E-state index is 12.4. The molecule has 0 radical (unpaired) electrons. The Morgan fingerprint density at radius 3 is 2.64 bits per heavy atom. The quantitative estimate of drug-likeness (QED) is 0.496. The molecule has 4 aromatic rings. The van der Waals surface area contributed by atoms with E-state index in [9.17, 15) is 4.79 Å². The van der Waals surface area contributed by atoms with Gasteiger partial charge < -0.3 is 5.32 Å². The lowest BCUT2D eigenvalue weighted by Crippen LogP contribution is -2.27. The van der Waals surface area contributed by atoms with Gasteiger partial charge in [0.05, 0.1) is 12.1 Å². The van der Waals surface area contributed by atoms with Gasteiger partial charge in [0.2, 0.25) is 5.91 Å². The van der Waals surface area contributed by atoms with E-state index in [2.05, 4.69) is 60.1 Å². The normalized spacial score (nSPS) is 10.9. The standard InChI is InChI=1S/C24H22N2OS/c1-17-9-11-19(12-10-17)24-26-21(16-28-24)13-14-25-23(27)15-20-7-4-6-18-5-2-3-8-22(18)20/h2-12,16H,13-15H2,1H3,(H,25,27). The molecule has 1 heterocycles. The van der Waals surface area contributed by atoms with Crippen LogP contribution in [-0.4, -0.2) is 17.4 Å². The second-order valence-corrected chi connectivity index (χ2v) is 7.78. The highest BCUT2D eigenvalue weighted by molar-refractivity contribution is 7.13. The van der Waals surface area contributed by atoms with Gasteiger partial charge in [0, 0.05) is 23.9 Å². The van der Waals surface area contributed by atoms with Crippen LogP contribution in [0.25, 0.3) is 21.3 Å². The second-order valence-electron chi connectivity index (χ2n) is 6.93. The van der Waals surface area contributed by atoms with E-state index in [1.807, 2.05) is 24.3 Å². The molecule has 1 N–H and O–H groups in total. The summed E-state index contributed by atoms with van der Waals surface area (Å²) in [6.07, 6.45) is 1.14. The Hall–Kier alpha value is -2.98. The first-order valence-electron chi connectivity index (χ1n) is 9.44. The first-order chi connectivity index (χ1) is 13.7. The number of amides is 1. The predicted molar refractivity (Wildman–Crippen MR) is 117 cm³/mol. The van der Waals surface area contributed by atoms with Gasteiger partial charge in [0.25, 0.3) is 0 Å². The summed E-state index contributed by atoms with van der Waals surface area (Å²) in [7, 11) is 0. The van der Waals surface area contributed by atoms with E-state index in [0.29, 0.717) is 13.0 Å². The van der Waals surface area contributed by atoms with Crippen LogP contribution in [0, 0.1) is 6.92 Å². The van der Waals surface area contributed by atoms with Gasteiger partial charge in [-0.1, -0.05) is 72.3 Å². The molecule has 140 valence electrons. The number of carbonyl (C=O) groups excluding carboxylic acids is 1. The number of benzene rings is 3. The van der Waals surface area contributed by atoms with E-state index in [1.165, 1.54) is 10.9 Å². The molecule has 0 aliphatic rings. The van der Waals surface area contributed by atoms with E-state index in [0.717, 1.165) is 33.6 Å². The van der Waals surface area contributed by atoms with Crippen molar-refractivity contribution in [3.63, 3.8) is 0 Å². The van der Waals surface area contributed by atoms with Gasteiger partial charge in [0.1, 0.15) is 5.01 Å². The summed E-state index contributed by atoms with van der Waals surface area (Å²) in [4.78, 5) is 17.1. The van der Waals surface area contributed by atoms with Crippen LogP contribution in [-0.2, 0) is 17.6 Å². The zero-order chi connectivity index (χ0) is 19.3. The number of carbonyl (C=O) groups is 1. The minimum Gasteiger partial charge on any atom is -0.355 e. The number of fused-ring (bicyclic) bond motifs is 1. The lowest BCUT2D eigenvalue weighted by atomic mass is 10.0. The summed E-state index contributed by atoms with van der Waals surface area (Å²) in [5.74, 6) is 0.0466. The van der Waals surface area contributed by atoms with Crippen LogP contribution in [0.5, 0.6) is 0 Å². The summed E-state index contributed by atoms with van der Waals surface area (Å²) < 4.78 is 0. The topological polar surface area (TPSA) is 42.0 Å². The Morgan fingerprint density at radius 1 is 1.00 bits per heavy atom. The van der Waals surface area contributed by atoms with Gasteiger partial charge in [-0.3, -0.25) is 4.79 Å². The smallest absolute Gasteiger partial charge is 0.224 e. The third kappa shape index (κ3) is 4.29. The van der Waals surface area contributed by atoms with Crippen molar-refractivity contribution < 1.29 is 4.79 Å². The van der Waals surface area contributed by atoms with Crippen molar-refractivity contribution in [1.82, 2.24) is 10.3 Å². The highest BCUT2D eigenvalue weighted by Crippen LogP contribution is 2.24. The van der Waals surface area contributed by atoms with Crippen molar-refractivity contribution in [2.45, 2.75) is 19.8 Å². The first kappa shape index (κ1) is 18.4. The molecule has 0 aliphatic carbocycles. The molecule has 3 nitrogen and oxygen atoms in total.